The van der Waals surface area contributed by atoms with E-state index in [9.17, 15) is 4.79 Å². The topological polar surface area (TPSA) is 61.7 Å². The molecule has 1 amide bonds. The van der Waals surface area contributed by atoms with Crippen LogP contribution in [0.4, 0.5) is 0 Å². The van der Waals surface area contributed by atoms with E-state index in [1.165, 1.54) is 19.3 Å². The fraction of sp³-hybridized carbons (Fsp3) is 0.467. The van der Waals surface area contributed by atoms with E-state index in [-0.39, 0.29) is 11.7 Å². The molecular formula is C15H22N2O2. The Kier molecular flexibility index (Phi) is 7.32. The highest BCUT2D eigenvalue weighted by molar-refractivity contribution is 5.82. The maximum absolute atomic E-state index is 11.5. The summed E-state index contributed by atoms with van der Waals surface area (Å²) in [4.78, 5) is 11.5. The first-order valence-corrected chi connectivity index (χ1v) is 6.83. The van der Waals surface area contributed by atoms with Crippen molar-refractivity contribution >= 4 is 12.1 Å². The predicted molar refractivity (Wildman–Crippen MR) is 77.2 cm³/mol. The number of amides is 1. The molecule has 1 rings (SSSR count). The van der Waals surface area contributed by atoms with Crippen molar-refractivity contribution in [2.45, 2.75) is 45.4 Å². The molecule has 4 heteroatoms. The van der Waals surface area contributed by atoms with Gasteiger partial charge in [0.2, 0.25) is 5.91 Å². The van der Waals surface area contributed by atoms with Crippen LogP contribution in [0.3, 0.4) is 0 Å². The first kappa shape index (κ1) is 15.2. The summed E-state index contributed by atoms with van der Waals surface area (Å²) >= 11 is 0. The predicted octanol–water partition coefficient (Wildman–Crippen LogP) is 3.20. The van der Waals surface area contributed by atoms with Gasteiger partial charge in [0.15, 0.2) is 0 Å². The summed E-state index contributed by atoms with van der Waals surface area (Å²) in [5, 5.41) is 13.0. The Morgan fingerprint density at radius 3 is 2.58 bits per heavy atom. The summed E-state index contributed by atoms with van der Waals surface area (Å²) in [7, 11) is 0. The summed E-state index contributed by atoms with van der Waals surface area (Å²) in [5.74, 6) is 0.166. The lowest BCUT2D eigenvalue weighted by molar-refractivity contribution is -0.121. The molecule has 4 nitrogen and oxygen atoms in total. The third-order valence-electron chi connectivity index (χ3n) is 2.80. The number of carbonyl (C=O) groups is 1. The molecule has 0 aliphatic heterocycles. The number of unbranched alkanes of at least 4 members (excludes halogenated alkanes) is 4. The van der Waals surface area contributed by atoms with E-state index in [0.29, 0.717) is 6.42 Å². The lowest BCUT2D eigenvalue weighted by atomic mass is 10.1. The molecule has 0 saturated heterocycles. The van der Waals surface area contributed by atoms with E-state index in [1.807, 2.05) is 0 Å². The van der Waals surface area contributed by atoms with Crippen molar-refractivity contribution in [1.82, 2.24) is 5.43 Å². The van der Waals surface area contributed by atoms with Crippen LogP contribution in [-0.2, 0) is 4.79 Å². The first-order chi connectivity index (χ1) is 9.22. The fourth-order valence-electron chi connectivity index (χ4n) is 1.68. The van der Waals surface area contributed by atoms with Crippen molar-refractivity contribution in [3.63, 3.8) is 0 Å². The molecule has 0 radical (unpaired) electrons. The number of benzene rings is 1. The van der Waals surface area contributed by atoms with Gasteiger partial charge in [0.05, 0.1) is 6.21 Å². The van der Waals surface area contributed by atoms with Crippen molar-refractivity contribution in [2.24, 2.45) is 5.10 Å². The van der Waals surface area contributed by atoms with Crippen LogP contribution in [0.25, 0.3) is 0 Å². The van der Waals surface area contributed by atoms with E-state index >= 15 is 0 Å². The molecule has 2 N–H and O–H groups in total. The highest BCUT2D eigenvalue weighted by Gasteiger charge is 1.98. The zero-order chi connectivity index (χ0) is 13.9. The summed E-state index contributed by atoms with van der Waals surface area (Å²) < 4.78 is 0. The Balaban J connectivity index is 2.17. The molecule has 1 aromatic rings. The third-order valence-corrected chi connectivity index (χ3v) is 2.80. The van der Waals surface area contributed by atoms with Gasteiger partial charge in [-0.3, -0.25) is 4.79 Å². The van der Waals surface area contributed by atoms with Crippen LogP contribution in [0.1, 0.15) is 51.0 Å². The lowest BCUT2D eigenvalue weighted by Crippen LogP contribution is -2.16. The summed E-state index contributed by atoms with van der Waals surface area (Å²) in [6.45, 7) is 2.17. The second-order valence-electron chi connectivity index (χ2n) is 4.55. The molecule has 0 aromatic heterocycles. The van der Waals surface area contributed by atoms with Gasteiger partial charge >= 0.3 is 0 Å². The number of carbonyl (C=O) groups excluding carboxylic acids is 1. The van der Waals surface area contributed by atoms with Crippen LogP contribution in [0, 0.1) is 0 Å². The number of hydrazone groups is 1. The lowest BCUT2D eigenvalue weighted by Gasteiger charge is -2.00. The molecule has 0 spiro atoms. The molecule has 0 atom stereocenters. The zero-order valence-electron chi connectivity index (χ0n) is 11.4. The van der Waals surface area contributed by atoms with E-state index < -0.39 is 0 Å². The molecule has 0 aliphatic carbocycles. The van der Waals surface area contributed by atoms with E-state index in [1.54, 1.807) is 30.5 Å². The van der Waals surface area contributed by atoms with Gasteiger partial charge < -0.3 is 5.11 Å². The number of rotatable bonds is 8. The Labute approximate surface area is 114 Å². The monoisotopic (exact) mass is 262 g/mol. The average molecular weight is 262 g/mol. The van der Waals surface area contributed by atoms with Crippen molar-refractivity contribution in [1.29, 1.82) is 0 Å². The standard InChI is InChI=1S/C15H22N2O2/c1-2-3-4-5-6-7-15(19)17-16-12-13-8-10-14(18)11-9-13/h8-12,18H,2-7H2,1H3,(H,17,19). The Hall–Kier alpha value is -1.84. The van der Waals surface area contributed by atoms with Gasteiger partial charge in [0.1, 0.15) is 5.75 Å². The van der Waals surface area contributed by atoms with Gasteiger partial charge in [-0.1, -0.05) is 32.6 Å². The molecule has 0 heterocycles. The van der Waals surface area contributed by atoms with Crippen LogP contribution in [-0.4, -0.2) is 17.2 Å². The second-order valence-corrected chi connectivity index (χ2v) is 4.55. The quantitative estimate of drug-likeness (QED) is 0.429. The van der Waals surface area contributed by atoms with Crippen LogP contribution in [0.5, 0.6) is 5.75 Å². The molecule has 0 saturated carbocycles. The van der Waals surface area contributed by atoms with E-state index in [0.717, 1.165) is 18.4 Å². The number of phenolic OH excluding ortho intramolecular Hbond substituents is 1. The zero-order valence-corrected chi connectivity index (χ0v) is 11.4. The minimum absolute atomic E-state index is 0.0495. The molecule has 19 heavy (non-hydrogen) atoms. The van der Waals surface area contributed by atoms with E-state index in [4.69, 9.17) is 5.11 Å². The Bertz CT molecular complexity index is 399. The smallest absolute Gasteiger partial charge is 0.240 e. The van der Waals surface area contributed by atoms with Crippen molar-refractivity contribution < 1.29 is 9.90 Å². The molecule has 104 valence electrons. The number of nitrogens with one attached hydrogen (secondary N) is 1. The molecule has 0 unspecified atom stereocenters. The summed E-state index contributed by atoms with van der Waals surface area (Å²) in [6, 6.07) is 6.62. The Morgan fingerprint density at radius 1 is 1.21 bits per heavy atom. The van der Waals surface area contributed by atoms with E-state index in [2.05, 4.69) is 17.5 Å². The summed E-state index contributed by atoms with van der Waals surface area (Å²) in [5.41, 5.74) is 3.34. The molecule has 0 bridgehead atoms. The molecule has 0 aliphatic rings. The van der Waals surface area contributed by atoms with Gasteiger partial charge in [-0.2, -0.15) is 5.10 Å². The highest BCUT2D eigenvalue weighted by atomic mass is 16.3. The fourth-order valence-corrected chi connectivity index (χ4v) is 1.68. The minimum Gasteiger partial charge on any atom is -0.508 e. The molecule has 0 fully saturated rings. The van der Waals surface area contributed by atoms with Gasteiger partial charge in [0.25, 0.3) is 0 Å². The number of phenols is 1. The van der Waals surface area contributed by atoms with Crippen LogP contribution >= 0.6 is 0 Å². The number of aromatic hydroxyl groups is 1. The summed E-state index contributed by atoms with van der Waals surface area (Å²) in [6.07, 6.45) is 7.75. The van der Waals surface area contributed by atoms with Crippen LogP contribution in [0.2, 0.25) is 0 Å². The normalized spacial score (nSPS) is 10.8. The number of hydrogen-bond acceptors (Lipinski definition) is 3. The number of hydrogen-bond donors (Lipinski definition) is 2. The maximum Gasteiger partial charge on any atom is 0.240 e. The average Bonchev–Trinajstić information content (AvgIpc) is 2.41. The highest BCUT2D eigenvalue weighted by Crippen LogP contribution is 2.07. The van der Waals surface area contributed by atoms with Crippen LogP contribution < -0.4 is 5.43 Å². The molecular weight excluding hydrogens is 240 g/mol. The van der Waals surface area contributed by atoms with Gasteiger partial charge in [0, 0.05) is 6.42 Å². The largest absolute Gasteiger partial charge is 0.508 e. The van der Waals surface area contributed by atoms with Crippen molar-refractivity contribution in [2.75, 3.05) is 0 Å². The molecule has 1 aromatic carbocycles. The van der Waals surface area contributed by atoms with Crippen LogP contribution in [0.15, 0.2) is 29.4 Å². The van der Waals surface area contributed by atoms with Gasteiger partial charge in [-0.15, -0.1) is 0 Å². The van der Waals surface area contributed by atoms with Gasteiger partial charge in [-0.25, -0.2) is 5.43 Å². The van der Waals surface area contributed by atoms with Crippen molar-refractivity contribution in [3.05, 3.63) is 29.8 Å². The maximum atomic E-state index is 11.5. The minimum atomic E-state index is -0.0495. The van der Waals surface area contributed by atoms with Crippen molar-refractivity contribution in [3.8, 4) is 5.75 Å². The number of nitrogens with zero attached hydrogens (tertiary/aromatic N) is 1. The van der Waals surface area contributed by atoms with Gasteiger partial charge in [-0.05, 0) is 36.2 Å². The first-order valence-electron chi connectivity index (χ1n) is 6.83. The Morgan fingerprint density at radius 2 is 1.89 bits per heavy atom. The SMILES string of the molecule is CCCCCCCC(=O)NN=Cc1ccc(O)cc1. The second kappa shape index (κ2) is 9.14. The third kappa shape index (κ3) is 7.24.